The largest absolute Gasteiger partial charge is 0.255 e. The van der Waals surface area contributed by atoms with Gasteiger partial charge in [-0.1, -0.05) is 31.9 Å². The monoisotopic (exact) mass is 174 g/mol. The average molecular weight is 174 g/mol. The number of rotatable bonds is 2. The fraction of sp³-hybridized carbons (Fsp3) is 0.800. The summed E-state index contributed by atoms with van der Waals surface area (Å²) >= 11 is 0. The molecule has 0 atom stereocenters. The first kappa shape index (κ1) is 9.69. The normalized spacial score (nSPS) is 22.5. The van der Waals surface area contributed by atoms with Crippen LogP contribution < -0.4 is 0 Å². The zero-order chi connectivity index (χ0) is 9.35. The smallest absolute Gasteiger partial charge is 0.206 e. The number of halogens is 2. The predicted octanol–water partition coefficient (Wildman–Crippen LogP) is 3.78. The van der Waals surface area contributed by atoms with Gasteiger partial charge in [0.1, 0.15) is 0 Å². The Morgan fingerprint density at radius 2 is 1.92 bits per heavy atom. The number of allylic oxidation sites excluding steroid dienone is 2. The van der Waals surface area contributed by atoms with Gasteiger partial charge in [0, 0.05) is 12.8 Å². The topological polar surface area (TPSA) is 0 Å². The van der Waals surface area contributed by atoms with Crippen LogP contribution in [0.15, 0.2) is 11.1 Å². The summed E-state index contributed by atoms with van der Waals surface area (Å²) < 4.78 is 25.9. The summed E-state index contributed by atoms with van der Waals surface area (Å²) in [5.41, 5.74) is 1.97. The van der Waals surface area contributed by atoms with Crippen LogP contribution in [-0.2, 0) is 0 Å². The lowest BCUT2D eigenvalue weighted by atomic mass is 9.98. The first-order chi connectivity index (χ1) is 5.46. The molecule has 0 aliphatic heterocycles. The maximum atomic E-state index is 13.0. The summed E-state index contributed by atoms with van der Waals surface area (Å²) in [5, 5.41) is 0. The van der Waals surface area contributed by atoms with Crippen molar-refractivity contribution in [3.63, 3.8) is 0 Å². The van der Waals surface area contributed by atoms with Gasteiger partial charge in [0.2, 0.25) is 0 Å². The maximum Gasteiger partial charge on any atom is 0.255 e. The van der Waals surface area contributed by atoms with E-state index in [-0.39, 0.29) is 18.8 Å². The molecule has 0 radical (unpaired) electrons. The summed E-state index contributed by atoms with van der Waals surface area (Å²) in [6.07, 6.45) is 0.772. The quantitative estimate of drug-likeness (QED) is 0.559. The molecule has 0 bridgehead atoms. The van der Waals surface area contributed by atoms with Crippen molar-refractivity contribution in [3.8, 4) is 0 Å². The number of hydrogen-bond acceptors (Lipinski definition) is 0. The Hall–Kier alpha value is -0.400. The van der Waals surface area contributed by atoms with Crippen LogP contribution in [0.3, 0.4) is 0 Å². The van der Waals surface area contributed by atoms with Crippen molar-refractivity contribution in [2.45, 2.75) is 46.0 Å². The molecule has 0 aromatic heterocycles. The van der Waals surface area contributed by atoms with Gasteiger partial charge in [-0.25, -0.2) is 8.78 Å². The molecule has 2 heteroatoms. The minimum absolute atomic E-state index is 0.00296. The second-order valence-electron chi connectivity index (χ2n) is 3.85. The molecule has 1 aliphatic rings. The van der Waals surface area contributed by atoms with Gasteiger partial charge in [0.05, 0.1) is 0 Å². The minimum atomic E-state index is -2.45. The van der Waals surface area contributed by atoms with Crippen molar-refractivity contribution < 1.29 is 8.78 Å². The van der Waals surface area contributed by atoms with Crippen LogP contribution in [0, 0.1) is 5.92 Å². The van der Waals surface area contributed by atoms with E-state index in [1.807, 2.05) is 20.8 Å². The molecule has 0 aromatic carbocycles. The van der Waals surface area contributed by atoms with Crippen molar-refractivity contribution in [3.05, 3.63) is 11.1 Å². The van der Waals surface area contributed by atoms with Crippen molar-refractivity contribution >= 4 is 0 Å². The van der Waals surface area contributed by atoms with E-state index in [1.54, 1.807) is 0 Å². The van der Waals surface area contributed by atoms with Crippen LogP contribution in [-0.4, -0.2) is 5.92 Å². The molecule has 0 aromatic rings. The molecule has 0 fully saturated rings. The van der Waals surface area contributed by atoms with Crippen LogP contribution in [0.4, 0.5) is 8.78 Å². The molecular formula is C10H16F2. The molecule has 1 aliphatic carbocycles. The Kier molecular flexibility index (Phi) is 2.55. The Morgan fingerprint density at radius 1 is 1.33 bits per heavy atom. The molecule has 0 saturated heterocycles. The van der Waals surface area contributed by atoms with E-state index in [4.69, 9.17) is 0 Å². The van der Waals surface area contributed by atoms with Gasteiger partial charge >= 0.3 is 0 Å². The van der Waals surface area contributed by atoms with Crippen LogP contribution in [0.5, 0.6) is 0 Å². The Labute approximate surface area is 72.7 Å². The molecule has 0 amide bonds. The summed E-state index contributed by atoms with van der Waals surface area (Å²) in [5.74, 6) is -2.17. The standard InChI is InChI=1S/C10H16F2/c1-4-8-5-10(11,12)6-9(8)7(2)3/h7H,4-6H2,1-3H3. The molecule has 0 nitrogen and oxygen atoms in total. The van der Waals surface area contributed by atoms with E-state index in [0.717, 1.165) is 17.6 Å². The van der Waals surface area contributed by atoms with E-state index >= 15 is 0 Å². The highest BCUT2D eigenvalue weighted by atomic mass is 19.3. The molecule has 70 valence electrons. The third kappa shape index (κ3) is 1.85. The highest BCUT2D eigenvalue weighted by molar-refractivity contribution is 5.25. The van der Waals surface area contributed by atoms with Crippen LogP contribution in [0.2, 0.25) is 0 Å². The van der Waals surface area contributed by atoms with Gasteiger partial charge in [-0.05, 0) is 12.3 Å². The Balaban J connectivity index is 2.80. The van der Waals surface area contributed by atoms with Gasteiger partial charge in [-0.2, -0.15) is 0 Å². The fourth-order valence-electron chi connectivity index (χ4n) is 1.86. The molecule has 0 heterocycles. The summed E-state index contributed by atoms with van der Waals surface area (Å²) in [6, 6.07) is 0. The fourth-order valence-corrected chi connectivity index (χ4v) is 1.86. The Morgan fingerprint density at radius 3 is 2.25 bits per heavy atom. The van der Waals surface area contributed by atoms with E-state index in [2.05, 4.69) is 0 Å². The predicted molar refractivity (Wildman–Crippen MR) is 46.3 cm³/mol. The molecule has 0 N–H and O–H groups in total. The van der Waals surface area contributed by atoms with Crippen molar-refractivity contribution in [2.24, 2.45) is 5.92 Å². The molecule has 12 heavy (non-hydrogen) atoms. The van der Waals surface area contributed by atoms with Crippen LogP contribution >= 0.6 is 0 Å². The summed E-state index contributed by atoms with van der Waals surface area (Å²) in [6.45, 7) is 5.94. The van der Waals surface area contributed by atoms with E-state index in [9.17, 15) is 8.78 Å². The van der Waals surface area contributed by atoms with Crippen LogP contribution in [0.25, 0.3) is 0 Å². The van der Waals surface area contributed by atoms with Gasteiger partial charge in [-0.15, -0.1) is 0 Å². The lowest BCUT2D eigenvalue weighted by Gasteiger charge is -2.10. The molecule has 0 spiro atoms. The highest BCUT2D eigenvalue weighted by Gasteiger charge is 2.38. The summed E-state index contributed by atoms with van der Waals surface area (Å²) in [7, 11) is 0. The zero-order valence-corrected chi connectivity index (χ0v) is 7.95. The Bertz CT molecular complexity index is 202. The maximum absolute atomic E-state index is 13.0. The third-order valence-electron chi connectivity index (χ3n) is 2.50. The molecular weight excluding hydrogens is 158 g/mol. The highest BCUT2D eigenvalue weighted by Crippen LogP contribution is 2.43. The van der Waals surface area contributed by atoms with Gasteiger partial charge in [-0.3, -0.25) is 0 Å². The van der Waals surface area contributed by atoms with E-state index in [1.165, 1.54) is 0 Å². The molecule has 0 saturated carbocycles. The average Bonchev–Trinajstić information content (AvgIpc) is 2.25. The van der Waals surface area contributed by atoms with Crippen molar-refractivity contribution in [1.29, 1.82) is 0 Å². The zero-order valence-electron chi connectivity index (χ0n) is 7.95. The van der Waals surface area contributed by atoms with Gasteiger partial charge in [0.25, 0.3) is 5.92 Å². The third-order valence-corrected chi connectivity index (χ3v) is 2.50. The van der Waals surface area contributed by atoms with Gasteiger partial charge in [0.15, 0.2) is 0 Å². The minimum Gasteiger partial charge on any atom is -0.206 e. The number of alkyl halides is 2. The first-order valence-corrected chi connectivity index (χ1v) is 4.55. The lowest BCUT2D eigenvalue weighted by molar-refractivity contribution is 0.0111. The second-order valence-corrected chi connectivity index (χ2v) is 3.85. The lowest BCUT2D eigenvalue weighted by Crippen LogP contribution is -2.10. The second kappa shape index (κ2) is 3.15. The van der Waals surface area contributed by atoms with Crippen LogP contribution in [0.1, 0.15) is 40.0 Å². The SMILES string of the molecule is CCC1=C(C(C)C)CC(F)(F)C1. The molecule has 0 unspecified atom stereocenters. The van der Waals surface area contributed by atoms with E-state index < -0.39 is 5.92 Å². The molecule has 1 rings (SSSR count). The first-order valence-electron chi connectivity index (χ1n) is 4.55. The van der Waals surface area contributed by atoms with Crippen molar-refractivity contribution in [1.82, 2.24) is 0 Å². The van der Waals surface area contributed by atoms with Gasteiger partial charge < -0.3 is 0 Å². The van der Waals surface area contributed by atoms with E-state index in [0.29, 0.717) is 0 Å². The summed E-state index contributed by atoms with van der Waals surface area (Å²) in [4.78, 5) is 0. The number of hydrogen-bond donors (Lipinski definition) is 0. The van der Waals surface area contributed by atoms with Crippen molar-refractivity contribution in [2.75, 3.05) is 0 Å².